The summed E-state index contributed by atoms with van der Waals surface area (Å²) in [4.78, 5) is 2.85. The van der Waals surface area contributed by atoms with E-state index in [9.17, 15) is 8.78 Å². The van der Waals surface area contributed by atoms with Crippen molar-refractivity contribution in [3.8, 4) is 11.4 Å². The number of nitrogens with zero attached hydrogens (tertiary/aromatic N) is 3. The van der Waals surface area contributed by atoms with Crippen molar-refractivity contribution in [1.82, 2.24) is 25.4 Å². The van der Waals surface area contributed by atoms with Crippen LogP contribution in [0.5, 0.6) is 0 Å². The summed E-state index contributed by atoms with van der Waals surface area (Å²) in [7, 11) is 0. The highest BCUT2D eigenvalue weighted by Gasteiger charge is 2.12. The predicted molar refractivity (Wildman–Crippen MR) is 86.8 cm³/mol. The highest BCUT2D eigenvalue weighted by atomic mass is 19.1. The Morgan fingerprint density at radius 2 is 1.83 bits per heavy atom. The van der Waals surface area contributed by atoms with Crippen LogP contribution < -0.4 is 0 Å². The van der Waals surface area contributed by atoms with E-state index in [4.69, 9.17) is 0 Å². The average molecular weight is 323 g/mol. The summed E-state index contributed by atoms with van der Waals surface area (Å²) in [6.07, 6.45) is 4.96. The molecule has 5 nitrogen and oxygen atoms in total. The number of nitrogens with one attached hydrogen (secondary N) is 2. The molecule has 0 radical (unpaired) electrons. The molecule has 118 valence electrons. The largest absolute Gasteiger partial charge is 0.328 e. The molecule has 0 atom stereocenters. The standard InChI is InChI=1S/C17H11F2N5/c18-12-4-1-10(2-5-12)3-6-15-13-7-11(17-20-9-21-24-17)8-14(19)16(13)23-22-15/h1-9H,(H,22,23)(H,20,21,24). The Balaban J connectivity index is 1.77. The van der Waals surface area contributed by atoms with E-state index in [-0.39, 0.29) is 5.82 Å². The molecular weight excluding hydrogens is 312 g/mol. The minimum absolute atomic E-state index is 0.295. The molecule has 2 N–H and O–H groups in total. The molecule has 0 spiro atoms. The van der Waals surface area contributed by atoms with Gasteiger partial charge in [-0.1, -0.05) is 18.2 Å². The SMILES string of the molecule is Fc1ccc(C=Cc2n[nH]c3c(F)cc(-c4nnc[nH]4)cc23)cc1. The lowest BCUT2D eigenvalue weighted by atomic mass is 10.1. The summed E-state index contributed by atoms with van der Waals surface area (Å²) in [5.41, 5.74) is 2.29. The van der Waals surface area contributed by atoms with Gasteiger partial charge in [0.05, 0.1) is 5.69 Å². The molecular formula is C17H11F2N5. The van der Waals surface area contributed by atoms with Crippen molar-refractivity contribution in [3.63, 3.8) is 0 Å². The zero-order chi connectivity index (χ0) is 16.5. The maximum absolute atomic E-state index is 14.3. The van der Waals surface area contributed by atoms with Gasteiger partial charge in [0.1, 0.15) is 23.5 Å². The van der Waals surface area contributed by atoms with Crippen molar-refractivity contribution in [3.05, 3.63) is 65.6 Å². The van der Waals surface area contributed by atoms with Gasteiger partial charge in [0.15, 0.2) is 5.82 Å². The molecule has 0 saturated heterocycles. The maximum atomic E-state index is 14.3. The lowest BCUT2D eigenvalue weighted by Crippen LogP contribution is -1.85. The molecule has 0 aliphatic heterocycles. The Labute approximate surface area is 135 Å². The highest BCUT2D eigenvalue weighted by molar-refractivity contribution is 5.92. The molecule has 0 aliphatic carbocycles. The number of fused-ring (bicyclic) bond motifs is 1. The second-order valence-corrected chi connectivity index (χ2v) is 5.21. The van der Waals surface area contributed by atoms with Crippen LogP contribution in [0.1, 0.15) is 11.3 Å². The predicted octanol–water partition coefficient (Wildman–Crippen LogP) is 3.80. The molecule has 0 amide bonds. The lowest BCUT2D eigenvalue weighted by Gasteiger charge is -1.99. The Kier molecular flexibility index (Phi) is 3.38. The van der Waals surface area contributed by atoms with E-state index in [1.165, 1.54) is 24.5 Å². The van der Waals surface area contributed by atoms with Gasteiger partial charge in [-0.3, -0.25) is 5.10 Å². The number of H-pyrrole nitrogens is 2. The fourth-order valence-corrected chi connectivity index (χ4v) is 2.46. The van der Waals surface area contributed by atoms with E-state index in [0.717, 1.165) is 5.56 Å². The summed E-state index contributed by atoms with van der Waals surface area (Å²) < 4.78 is 27.2. The van der Waals surface area contributed by atoms with Gasteiger partial charge >= 0.3 is 0 Å². The van der Waals surface area contributed by atoms with Gasteiger partial charge in [-0.2, -0.15) is 5.10 Å². The van der Waals surface area contributed by atoms with Crippen molar-refractivity contribution in [2.75, 3.05) is 0 Å². The van der Waals surface area contributed by atoms with Gasteiger partial charge in [-0.15, -0.1) is 10.2 Å². The van der Waals surface area contributed by atoms with Gasteiger partial charge < -0.3 is 4.98 Å². The van der Waals surface area contributed by atoms with Gasteiger partial charge in [0, 0.05) is 10.9 Å². The van der Waals surface area contributed by atoms with Crippen molar-refractivity contribution >= 4 is 23.1 Å². The first-order valence-corrected chi connectivity index (χ1v) is 7.18. The van der Waals surface area contributed by atoms with E-state index < -0.39 is 5.82 Å². The number of hydrogen-bond donors (Lipinski definition) is 2. The Bertz CT molecular complexity index is 1020. The monoisotopic (exact) mass is 323 g/mol. The zero-order valence-corrected chi connectivity index (χ0v) is 12.3. The lowest BCUT2D eigenvalue weighted by molar-refractivity contribution is 0.627. The van der Waals surface area contributed by atoms with Gasteiger partial charge in [-0.25, -0.2) is 8.78 Å². The van der Waals surface area contributed by atoms with Crippen LogP contribution in [-0.2, 0) is 0 Å². The summed E-state index contributed by atoms with van der Waals surface area (Å²) in [6.45, 7) is 0. The molecule has 7 heteroatoms. The number of aromatic amines is 2. The van der Waals surface area contributed by atoms with E-state index in [1.54, 1.807) is 30.4 Å². The van der Waals surface area contributed by atoms with Crippen LogP contribution in [-0.4, -0.2) is 25.4 Å². The summed E-state index contributed by atoms with van der Waals surface area (Å²) in [5, 5.41) is 15.1. The fourth-order valence-electron chi connectivity index (χ4n) is 2.46. The number of halogens is 2. The molecule has 0 bridgehead atoms. The fraction of sp³-hybridized carbons (Fsp3) is 0. The Morgan fingerprint density at radius 1 is 1.00 bits per heavy atom. The average Bonchev–Trinajstić information content (AvgIpc) is 3.24. The Hall–Kier alpha value is -3.35. The molecule has 0 saturated carbocycles. The first kappa shape index (κ1) is 14.3. The van der Waals surface area contributed by atoms with Crippen LogP contribution in [0.25, 0.3) is 34.4 Å². The molecule has 4 aromatic rings. The van der Waals surface area contributed by atoms with Crippen LogP contribution in [0, 0.1) is 11.6 Å². The molecule has 4 rings (SSSR count). The van der Waals surface area contributed by atoms with Crippen molar-refractivity contribution in [2.45, 2.75) is 0 Å². The third kappa shape index (κ3) is 2.56. The van der Waals surface area contributed by atoms with Crippen LogP contribution in [0.3, 0.4) is 0 Å². The molecule has 0 unspecified atom stereocenters. The smallest absolute Gasteiger partial charge is 0.161 e. The topological polar surface area (TPSA) is 70.2 Å². The first-order valence-electron chi connectivity index (χ1n) is 7.18. The normalized spacial score (nSPS) is 11.6. The Morgan fingerprint density at radius 3 is 2.58 bits per heavy atom. The summed E-state index contributed by atoms with van der Waals surface area (Å²) in [5.74, 6) is -0.241. The molecule has 2 aromatic carbocycles. The number of benzene rings is 2. The molecule has 24 heavy (non-hydrogen) atoms. The molecule has 0 aliphatic rings. The molecule has 2 heterocycles. The first-order chi connectivity index (χ1) is 11.7. The van der Waals surface area contributed by atoms with Gasteiger partial charge in [0.25, 0.3) is 0 Å². The molecule has 2 aromatic heterocycles. The summed E-state index contributed by atoms with van der Waals surface area (Å²) in [6, 6.07) is 9.22. The van der Waals surface area contributed by atoms with Crippen molar-refractivity contribution in [1.29, 1.82) is 0 Å². The van der Waals surface area contributed by atoms with Crippen LogP contribution in [0.15, 0.2) is 42.7 Å². The minimum Gasteiger partial charge on any atom is -0.328 e. The van der Waals surface area contributed by atoms with E-state index >= 15 is 0 Å². The minimum atomic E-state index is -0.423. The van der Waals surface area contributed by atoms with E-state index in [2.05, 4.69) is 25.4 Å². The second-order valence-electron chi connectivity index (χ2n) is 5.21. The quantitative estimate of drug-likeness (QED) is 0.602. The van der Waals surface area contributed by atoms with Gasteiger partial charge in [0.2, 0.25) is 0 Å². The van der Waals surface area contributed by atoms with Crippen LogP contribution in [0.4, 0.5) is 8.78 Å². The number of hydrogen-bond acceptors (Lipinski definition) is 3. The summed E-state index contributed by atoms with van der Waals surface area (Å²) >= 11 is 0. The van der Waals surface area contributed by atoms with Gasteiger partial charge in [-0.05, 0) is 35.9 Å². The number of aromatic nitrogens is 5. The van der Waals surface area contributed by atoms with Crippen molar-refractivity contribution in [2.24, 2.45) is 0 Å². The molecule has 0 fully saturated rings. The van der Waals surface area contributed by atoms with Crippen LogP contribution in [0.2, 0.25) is 0 Å². The van der Waals surface area contributed by atoms with Crippen molar-refractivity contribution < 1.29 is 8.78 Å². The second kappa shape index (κ2) is 5.69. The van der Waals surface area contributed by atoms with Crippen LogP contribution >= 0.6 is 0 Å². The third-order valence-corrected chi connectivity index (χ3v) is 3.65. The third-order valence-electron chi connectivity index (χ3n) is 3.65. The maximum Gasteiger partial charge on any atom is 0.161 e. The van der Waals surface area contributed by atoms with E-state index in [1.807, 2.05) is 0 Å². The zero-order valence-electron chi connectivity index (χ0n) is 12.3. The number of rotatable bonds is 3. The van der Waals surface area contributed by atoms with E-state index in [0.29, 0.717) is 28.0 Å². The highest BCUT2D eigenvalue weighted by Crippen LogP contribution is 2.26.